The Morgan fingerprint density at radius 2 is 1.71 bits per heavy atom. The van der Waals surface area contributed by atoms with Crippen LogP contribution >= 0.6 is 0 Å². The first-order valence-corrected chi connectivity index (χ1v) is 10.7. The lowest BCUT2D eigenvalue weighted by atomic mass is 10.1. The lowest BCUT2D eigenvalue weighted by Crippen LogP contribution is -2.18. The second-order valence-electron chi connectivity index (χ2n) is 6.61. The number of amides is 1. The van der Waals surface area contributed by atoms with Crippen LogP contribution in [0.2, 0.25) is 0 Å². The molecule has 2 aromatic heterocycles. The molecule has 162 valence electrons. The van der Waals surface area contributed by atoms with Crippen LogP contribution in [-0.4, -0.2) is 38.5 Å². The maximum absolute atomic E-state index is 13.1. The van der Waals surface area contributed by atoms with Gasteiger partial charge in [-0.15, -0.1) is 0 Å². The van der Waals surface area contributed by atoms with Crippen molar-refractivity contribution < 1.29 is 22.7 Å². The number of carbonyl (C=O) groups is 1. The molecule has 31 heavy (non-hydrogen) atoms. The second kappa shape index (κ2) is 9.00. The number of nitrogens with zero attached hydrogens (tertiary/aromatic N) is 2. The molecule has 0 bridgehead atoms. The molecule has 0 unspecified atom stereocenters. The zero-order valence-electron chi connectivity index (χ0n) is 17.5. The maximum atomic E-state index is 13.1. The van der Waals surface area contributed by atoms with Crippen molar-refractivity contribution in [1.82, 2.24) is 9.97 Å². The number of benzene rings is 1. The molecule has 0 fully saturated rings. The minimum Gasteiger partial charge on any atom is -0.494 e. The largest absolute Gasteiger partial charge is 0.494 e. The number of aromatic nitrogens is 2. The predicted octanol–water partition coefficient (Wildman–Crippen LogP) is 3.16. The molecule has 2 N–H and O–H groups in total. The van der Waals surface area contributed by atoms with Gasteiger partial charge >= 0.3 is 0 Å². The van der Waals surface area contributed by atoms with Crippen LogP contribution in [0.25, 0.3) is 0 Å². The number of pyridine rings is 2. The number of rotatable bonds is 7. The molecule has 0 aliphatic rings. The van der Waals surface area contributed by atoms with Gasteiger partial charge in [0.15, 0.2) is 10.6 Å². The van der Waals surface area contributed by atoms with Crippen molar-refractivity contribution in [2.45, 2.75) is 18.7 Å². The van der Waals surface area contributed by atoms with E-state index in [1.54, 1.807) is 38.1 Å². The average molecular weight is 442 g/mol. The van der Waals surface area contributed by atoms with E-state index in [0.717, 1.165) is 11.1 Å². The van der Waals surface area contributed by atoms with Crippen LogP contribution in [-0.2, 0) is 10.0 Å². The molecule has 0 spiro atoms. The van der Waals surface area contributed by atoms with Crippen LogP contribution in [0.1, 0.15) is 21.6 Å². The number of nitrogens with one attached hydrogen (secondary N) is 2. The highest BCUT2D eigenvalue weighted by atomic mass is 32.2. The van der Waals surface area contributed by atoms with Gasteiger partial charge in [-0.05, 0) is 43.2 Å². The highest BCUT2D eigenvalue weighted by Crippen LogP contribution is 2.29. The Labute approximate surface area is 180 Å². The number of aryl methyl sites for hydroxylation is 2. The minimum absolute atomic E-state index is 0.0545. The minimum atomic E-state index is -4.07. The highest BCUT2D eigenvalue weighted by Gasteiger charge is 2.24. The Kier molecular flexibility index (Phi) is 6.40. The summed E-state index contributed by atoms with van der Waals surface area (Å²) in [7, 11) is -1.33. The smallest absolute Gasteiger partial charge is 0.278 e. The predicted molar refractivity (Wildman–Crippen MR) is 116 cm³/mol. The van der Waals surface area contributed by atoms with E-state index in [0.29, 0.717) is 5.69 Å². The molecule has 2 heterocycles. The molecular weight excluding hydrogens is 420 g/mol. The summed E-state index contributed by atoms with van der Waals surface area (Å²) in [6.07, 6.45) is 2.75. The van der Waals surface area contributed by atoms with Gasteiger partial charge in [0.05, 0.1) is 31.8 Å². The first-order valence-electron chi connectivity index (χ1n) is 9.20. The Hall–Kier alpha value is -3.66. The molecule has 0 aliphatic carbocycles. The summed E-state index contributed by atoms with van der Waals surface area (Å²) >= 11 is 0. The molecule has 3 aromatic rings. The molecule has 0 radical (unpaired) electrons. The molecule has 0 saturated heterocycles. The Balaban J connectivity index is 1.96. The van der Waals surface area contributed by atoms with E-state index in [2.05, 4.69) is 20.0 Å². The second-order valence-corrected chi connectivity index (χ2v) is 8.26. The van der Waals surface area contributed by atoms with Gasteiger partial charge in [0, 0.05) is 6.20 Å². The van der Waals surface area contributed by atoms with Gasteiger partial charge < -0.3 is 14.8 Å². The summed E-state index contributed by atoms with van der Waals surface area (Å²) in [4.78, 5) is 20.4. The standard InChI is InChI=1S/C21H22N4O5S/c1-13-7-5-8-14(2)18(13)25-31(27,28)17-11-15(12-23-21(17)30-4)24-20(26)19-16(29-3)9-6-10-22-19/h5-12,25H,1-4H3,(H,24,26). The fraction of sp³-hybridized carbons (Fsp3) is 0.190. The molecule has 0 atom stereocenters. The van der Waals surface area contributed by atoms with Gasteiger partial charge in [-0.2, -0.15) is 0 Å². The van der Waals surface area contributed by atoms with Crippen LogP contribution < -0.4 is 19.5 Å². The van der Waals surface area contributed by atoms with Gasteiger partial charge in [-0.1, -0.05) is 18.2 Å². The fourth-order valence-electron chi connectivity index (χ4n) is 2.93. The SMILES string of the molecule is COc1cccnc1C(=O)Nc1cnc(OC)c(S(=O)(=O)Nc2c(C)cccc2C)c1. The maximum Gasteiger partial charge on any atom is 0.278 e. The molecule has 0 saturated carbocycles. The highest BCUT2D eigenvalue weighted by molar-refractivity contribution is 7.92. The van der Waals surface area contributed by atoms with Gasteiger partial charge in [0.2, 0.25) is 5.88 Å². The Bertz CT molecular complexity index is 1210. The summed E-state index contributed by atoms with van der Waals surface area (Å²) in [5.74, 6) is -0.395. The molecule has 1 aromatic carbocycles. The number of anilines is 2. The Morgan fingerprint density at radius 1 is 1.00 bits per heavy atom. The van der Waals surface area contributed by atoms with Crippen molar-refractivity contribution in [2.24, 2.45) is 0 Å². The van der Waals surface area contributed by atoms with Crippen molar-refractivity contribution in [2.75, 3.05) is 24.3 Å². The van der Waals surface area contributed by atoms with E-state index >= 15 is 0 Å². The van der Waals surface area contributed by atoms with Gasteiger partial charge in [0.1, 0.15) is 5.75 Å². The fourth-order valence-corrected chi connectivity index (χ4v) is 4.28. The topological polar surface area (TPSA) is 120 Å². The van der Waals surface area contributed by atoms with E-state index in [9.17, 15) is 13.2 Å². The number of carbonyl (C=O) groups excluding carboxylic acids is 1. The Morgan fingerprint density at radius 3 is 2.35 bits per heavy atom. The van der Waals surface area contributed by atoms with Crippen molar-refractivity contribution in [3.63, 3.8) is 0 Å². The van der Waals surface area contributed by atoms with Gasteiger partial charge in [-0.3, -0.25) is 9.52 Å². The van der Waals surface area contributed by atoms with Crippen LogP contribution in [0.4, 0.5) is 11.4 Å². The van der Waals surface area contributed by atoms with E-state index in [-0.39, 0.29) is 27.9 Å². The number of ether oxygens (including phenoxy) is 2. The molecule has 9 nitrogen and oxygen atoms in total. The monoisotopic (exact) mass is 442 g/mol. The van der Waals surface area contributed by atoms with Crippen molar-refractivity contribution in [3.8, 4) is 11.6 Å². The molecular formula is C21H22N4O5S. The lowest BCUT2D eigenvalue weighted by Gasteiger charge is -2.15. The van der Waals surface area contributed by atoms with Crippen molar-refractivity contribution >= 4 is 27.3 Å². The third kappa shape index (κ3) is 4.75. The zero-order chi connectivity index (χ0) is 22.6. The third-order valence-electron chi connectivity index (χ3n) is 4.48. The van der Waals surface area contributed by atoms with Crippen LogP contribution in [0.5, 0.6) is 11.6 Å². The van der Waals surface area contributed by atoms with E-state index in [1.165, 1.54) is 32.7 Å². The van der Waals surface area contributed by atoms with Gasteiger partial charge in [-0.25, -0.2) is 18.4 Å². The number of methoxy groups -OCH3 is 2. The summed E-state index contributed by atoms with van der Waals surface area (Å²) in [6.45, 7) is 3.61. The first-order chi connectivity index (χ1) is 14.8. The van der Waals surface area contributed by atoms with Gasteiger partial charge in [0.25, 0.3) is 15.9 Å². The third-order valence-corrected chi connectivity index (χ3v) is 5.83. The average Bonchev–Trinajstić information content (AvgIpc) is 2.76. The zero-order valence-corrected chi connectivity index (χ0v) is 18.3. The summed E-state index contributed by atoms with van der Waals surface area (Å²) in [6, 6.07) is 9.95. The van der Waals surface area contributed by atoms with Crippen LogP contribution in [0, 0.1) is 13.8 Å². The molecule has 3 rings (SSSR count). The molecule has 0 aliphatic heterocycles. The summed E-state index contributed by atoms with van der Waals surface area (Å²) in [5, 5.41) is 2.59. The summed E-state index contributed by atoms with van der Waals surface area (Å²) < 4.78 is 39.1. The number of para-hydroxylation sites is 1. The quantitative estimate of drug-likeness (QED) is 0.577. The molecule has 1 amide bonds. The molecule has 10 heteroatoms. The van der Waals surface area contributed by atoms with Crippen molar-refractivity contribution in [3.05, 3.63) is 65.6 Å². The van der Waals surface area contributed by atoms with Crippen LogP contribution in [0.3, 0.4) is 0 Å². The summed E-state index contributed by atoms with van der Waals surface area (Å²) in [5.41, 5.74) is 2.21. The number of sulfonamides is 1. The number of hydrogen-bond donors (Lipinski definition) is 2. The van der Waals surface area contributed by atoms with Crippen LogP contribution in [0.15, 0.2) is 53.7 Å². The van der Waals surface area contributed by atoms with E-state index < -0.39 is 15.9 Å². The van der Waals surface area contributed by atoms with Crippen molar-refractivity contribution in [1.29, 1.82) is 0 Å². The number of hydrogen-bond acceptors (Lipinski definition) is 7. The van der Waals surface area contributed by atoms with E-state index in [1.807, 2.05) is 6.07 Å². The normalized spacial score (nSPS) is 11.0. The van der Waals surface area contributed by atoms with E-state index in [4.69, 9.17) is 9.47 Å². The lowest BCUT2D eigenvalue weighted by molar-refractivity contribution is 0.101. The first kappa shape index (κ1) is 22.0.